The summed E-state index contributed by atoms with van der Waals surface area (Å²) in [5.74, 6) is 0.0844. The summed E-state index contributed by atoms with van der Waals surface area (Å²) < 4.78 is 0. The summed E-state index contributed by atoms with van der Waals surface area (Å²) in [7, 11) is 1.84. The van der Waals surface area contributed by atoms with Gasteiger partial charge in [0.25, 0.3) is 5.91 Å². The number of carbonyl (C=O) groups excluding carboxylic acids is 3. The molecule has 1 aliphatic heterocycles. The number of carbonyl (C=O) groups is 3. The quantitative estimate of drug-likeness (QED) is 0.801. The molecule has 0 radical (unpaired) electrons. The highest BCUT2D eigenvalue weighted by atomic mass is 16.2. The van der Waals surface area contributed by atoms with E-state index >= 15 is 0 Å². The van der Waals surface area contributed by atoms with Crippen molar-refractivity contribution in [3.8, 4) is 11.1 Å². The first kappa shape index (κ1) is 20.1. The predicted molar refractivity (Wildman–Crippen MR) is 116 cm³/mol. The molecule has 4 rings (SSSR count). The van der Waals surface area contributed by atoms with Crippen LogP contribution in [-0.4, -0.2) is 41.8 Å². The molecular formula is C24H27N3O3. The van der Waals surface area contributed by atoms with E-state index < -0.39 is 0 Å². The Morgan fingerprint density at radius 1 is 1.10 bits per heavy atom. The summed E-state index contributed by atoms with van der Waals surface area (Å²) >= 11 is 0. The van der Waals surface area contributed by atoms with Crippen LogP contribution in [0.5, 0.6) is 0 Å². The Balaban J connectivity index is 1.41. The Bertz CT molecular complexity index is 984. The molecule has 0 aromatic heterocycles. The molecule has 0 unspecified atom stereocenters. The second-order valence-corrected chi connectivity index (χ2v) is 8.18. The first-order valence-corrected chi connectivity index (χ1v) is 10.5. The molecule has 0 saturated heterocycles. The Hall–Kier alpha value is -3.15. The van der Waals surface area contributed by atoms with E-state index in [9.17, 15) is 14.4 Å². The van der Waals surface area contributed by atoms with Crippen molar-refractivity contribution in [2.75, 3.05) is 12.4 Å². The molecule has 6 heteroatoms. The Morgan fingerprint density at radius 3 is 2.57 bits per heavy atom. The molecule has 6 nitrogen and oxygen atoms in total. The van der Waals surface area contributed by atoms with Crippen molar-refractivity contribution >= 4 is 23.4 Å². The number of nitrogens with zero attached hydrogens (tertiary/aromatic N) is 1. The van der Waals surface area contributed by atoms with Crippen LogP contribution in [0.15, 0.2) is 42.5 Å². The maximum atomic E-state index is 12.9. The third-order valence-corrected chi connectivity index (χ3v) is 6.16. The highest BCUT2D eigenvalue weighted by molar-refractivity contribution is 6.00. The van der Waals surface area contributed by atoms with Crippen LogP contribution in [0.25, 0.3) is 11.1 Å². The third-order valence-electron chi connectivity index (χ3n) is 6.16. The Morgan fingerprint density at radius 2 is 1.83 bits per heavy atom. The van der Waals surface area contributed by atoms with Gasteiger partial charge in [-0.1, -0.05) is 31.2 Å². The predicted octanol–water partition coefficient (Wildman–Crippen LogP) is 3.37. The molecule has 2 aromatic rings. The lowest BCUT2D eigenvalue weighted by Crippen LogP contribution is -2.38. The van der Waals surface area contributed by atoms with Gasteiger partial charge in [-0.3, -0.25) is 14.4 Å². The highest BCUT2D eigenvalue weighted by Gasteiger charge is 2.30. The number of hydrogen-bond acceptors (Lipinski definition) is 3. The van der Waals surface area contributed by atoms with E-state index in [1.165, 1.54) is 0 Å². The lowest BCUT2D eigenvalue weighted by molar-refractivity contribution is -0.121. The molecule has 2 N–H and O–H groups in total. The van der Waals surface area contributed by atoms with E-state index in [0.717, 1.165) is 41.6 Å². The first-order valence-electron chi connectivity index (χ1n) is 10.5. The number of benzene rings is 2. The van der Waals surface area contributed by atoms with Gasteiger partial charge in [-0.2, -0.15) is 0 Å². The third kappa shape index (κ3) is 4.08. The van der Waals surface area contributed by atoms with E-state index in [1.54, 1.807) is 4.90 Å². The molecule has 2 aromatic carbocycles. The number of amides is 3. The zero-order valence-corrected chi connectivity index (χ0v) is 17.4. The lowest BCUT2D eigenvalue weighted by Gasteiger charge is -2.25. The van der Waals surface area contributed by atoms with E-state index in [2.05, 4.69) is 10.6 Å². The fourth-order valence-corrected chi connectivity index (χ4v) is 4.34. The SMILES string of the molecule is CCC(=O)N[C@H]1CC[C@@H](N(C)C(=O)c2ccc(-c3ccc4c(c3)NC(=O)C4)cc2)C1. The van der Waals surface area contributed by atoms with Gasteiger partial charge in [-0.25, -0.2) is 0 Å². The van der Waals surface area contributed by atoms with E-state index in [1.807, 2.05) is 56.4 Å². The minimum Gasteiger partial charge on any atom is -0.353 e. The van der Waals surface area contributed by atoms with Gasteiger partial charge < -0.3 is 15.5 Å². The highest BCUT2D eigenvalue weighted by Crippen LogP contribution is 2.30. The van der Waals surface area contributed by atoms with Crippen LogP contribution in [-0.2, 0) is 16.0 Å². The van der Waals surface area contributed by atoms with Crippen molar-refractivity contribution in [3.05, 3.63) is 53.6 Å². The Labute approximate surface area is 176 Å². The van der Waals surface area contributed by atoms with Gasteiger partial charge in [0, 0.05) is 36.8 Å². The molecular weight excluding hydrogens is 378 g/mol. The summed E-state index contributed by atoms with van der Waals surface area (Å²) in [5, 5.41) is 5.91. The van der Waals surface area contributed by atoms with Gasteiger partial charge in [0.2, 0.25) is 11.8 Å². The first-order chi connectivity index (χ1) is 14.4. The Kier molecular flexibility index (Phi) is 5.57. The number of rotatable bonds is 5. The standard InChI is InChI=1S/C24H27N3O3/c1-3-22(28)25-19-10-11-20(14-19)27(2)24(30)16-6-4-15(5-7-16)17-8-9-18-13-23(29)26-21(18)12-17/h4-9,12,19-20H,3,10-11,13-14H2,1-2H3,(H,25,28)(H,26,29)/t19-,20+/m0/s1. The molecule has 0 bridgehead atoms. The van der Waals surface area contributed by atoms with Crippen LogP contribution in [0, 0.1) is 0 Å². The lowest BCUT2D eigenvalue weighted by atomic mass is 10.0. The average Bonchev–Trinajstić information content (AvgIpc) is 3.37. The normalized spacial score (nSPS) is 19.9. The average molecular weight is 405 g/mol. The monoisotopic (exact) mass is 405 g/mol. The van der Waals surface area contributed by atoms with E-state index in [-0.39, 0.29) is 29.8 Å². The fourth-order valence-electron chi connectivity index (χ4n) is 4.34. The van der Waals surface area contributed by atoms with Crippen molar-refractivity contribution < 1.29 is 14.4 Å². The molecule has 1 aliphatic carbocycles. The van der Waals surface area contributed by atoms with E-state index in [4.69, 9.17) is 0 Å². The van der Waals surface area contributed by atoms with Crippen molar-refractivity contribution in [1.82, 2.24) is 10.2 Å². The molecule has 1 heterocycles. The van der Waals surface area contributed by atoms with Crippen LogP contribution in [0.1, 0.15) is 48.5 Å². The molecule has 0 spiro atoms. The van der Waals surface area contributed by atoms with Gasteiger partial charge >= 0.3 is 0 Å². The van der Waals surface area contributed by atoms with Gasteiger partial charge in [0.05, 0.1) is 6.42 Å². The molecule has 2 aliphatic rings. The smallest absolute Gasteiger partial charge is 0.253 e. The summed E-state index contributed by atoms with van der Waals surface area (Å²) in [4.78, 5) is 37.9. The summed E-state index contributed by atoms with van der Waals surface area (Å²) in [6.45, 7) is 1.85. The number of hydrogen-bond donors (Lipinski definition) is 2. The molecule has 30 heavy (non-hydrogen) atoms. The van der Waals surface area contributed by atoms with Gasteiger partial charge in [-0.15, -0.1) is 0 Å². The maximum absolute atomic E-state index is 12.9. The van der Waals surface area contributed by atoms with Crippen molar-refractivity contribution in [2.45, 2.75) is 51.1 Å². The van der Waals surface area contributed by atoms with E-state index in [0.29, 0.717) is 18.4 Å². The molecule has 2 atom stereocenters. The topological polar surface area (TPSA) is 78.5 Å². The fraction of sp³-hybridized carbons (Fsp3) is 0.375. The molecule has 156 valence electrons. The minimum atomic E-state index is -0.00441. The van der Waals surface area contributed by atoms with Crippen LogP contribution >= 0.6 is 0 Å². The second kappa shape index (κ2) is 8.30. The molecule has 3 amide bonds. The summed E-state index contributed by atoms with van der Waals surface area (Å²) in [6.07, 6.45) is 3.52. The summed E-state index contributed by atoms with van der Waals surface area (Å²) in [5.41, 5.74) is 4.54. The van der Waals surface area contributed by atoms with Crippen LogP contribution in [0.3, 0.4) is 0 Å². The zero-order valence-electron chi connectivity index (χ0n) is 17.4. The molecule has 1 saturated carbocycles. The second-order valence-electron chi connectivity index (χ2n) is 8.18. The minimum absolute atomic E-state index is 0.00441. The summed E-state index contributed by atoms with van der Waals surface area (Å²) in [6, 6.07) is 13.8. The number of fused-ring (bicyclic) bond motifs is 1. The van der Waals surface area contributed by atoms with Crippen LogP contribution < -0.4 is 10.6 Å². The maximum Gasteiger partial charge on any atom is 0.253 e. The van der Waals surface area contributed by atoms with Crippen molar-refractivity contribution in [1.29, 1.82) is 0 Å². The number of nitrogens with one attached hydrogen (secondary N) is 2. The molecule has 1 fully saturated rings. The van der Waals surface area contributed by atoms with Crippen LogP contribution in [0.2, 0.25) is 0 Å². The van der Waals surface area contributed by atoms with Crippen molar-refractivity contribution in [2.24, 2.45) is 0 Å². The van der Waals surface area contributed by atoms with Crippen LogP contribution in [0.4, 0.5) is 5.69 Å². The number of anilines is 1. The van der Waals surface area contributed by atoms with Gasteiger partial charge in [0.1, 0.15) is 0 Å². The van der Waals surface area contributed by atoms with Gasteiger partial charge in [0.15, 0.2) is 0 Å². The zero-order chi connectivity index (χ0) is 21.3. The largest absolute Gasteiger partial charge is 0.353 e. The van der Waals surface area contributed by atoms with Crippen molar-refractivity contribution in [3.63, 3.8) is 0 Å². The van der Waals surface area contributed by atoms with Gasteiger partial charge in [-0.05, 0) is 54.2 Å².